The van der Waals surface area contributed by atoms with E-state index in [0.717, 1.165) is 4.90 Å². The van der Waals surface area contributed by atoms with Gasteiger partial charge in [0.1, 0.15) is 32.9 Å². The van der Waals surface area contributed by atoms with Crippen molar-refractivity contribution in [1.82, 2.24) is 20.4 Å². The standard InChI is InChI=1S/C14H12BrN5O6S2/c1-4-17-18-11(28-4)5-3-27-13-8(12(23)20(13)9(5)14(24)25)16-10(22)7(19-26)6(21)2-15/h8,13,21H,2-3H2,1H3,(H,16,22)(H,24,25)/t8?,13-/m0/s1. The number of carboxylic acid groups (broad SMARTS) is 1. The number of aliphatic hydroxyl groups excluding tert-OH is 1. The number of rotatable bonds is 6. The van der Waals surface area contributed by atoms with Crippen molar-refractivity contribution < 1.29 is 24.6 Å². The number of hydrogen-bond acceptors (Lipinski definition) is 10. The van der Waals surface area contributed by atoms with Crippen LogP contribution >= 0.6 is 39.0 Å². The number of allylic oxidation sites excluding steroid dienone is 1. The molecule has 0 saturated carbocycles. The van der Waals surface area contributed by atoms with Crippen LogP contribution in [0.5, 0.6) is 0 Å². The average Bonchev–Trinajstić information content (AvgIpc) is 3.11. The van der Waals surface area contributed by atoms with Crippen molar-refractivity contribution in [2.24, 2.45) is 5.18 Å². The summed E-state index contributed by atoms with van der Waals surface area (Å²) in [6.07, 6.45) is 0. The zero-order valence-corrected chi connectivity index (χ0v) is 17.3. The maximum atomic E-state index is 12.5. The Labute approximate surface area is 174 Å². The molecule has 1 aromatic heterocycles. The number of nitroso groups, excluding NO2 is 1. The number of amides is 2. The summed E-state index contributed by atoms with van der Waals surface area (Å²) in [5, 5.41) is 32.0. The van der Waals surface area contributed by atoms with E-state index in [2.05, 4.69) is 36.6 Å². The van der Waals surface area contributed by atoms with Crippen molar-refractivity contribution in [2.45, 2.75) is 18.3 Å². The van der Waals surface area contributed by atoms with Crippen LogP contribution in [-0.4, -0.2) is 65.6 Å². The van der Waals surface area contributed by atoms with E-state index in [1.165, 1.54) is 23.1 Å². The third-order valence-corrected chi connectivity index (χ3v) is 6.66. The van der Waals surface area contributed by atoms with Gasteiger partial charge < -0.3 is 15.5 Å². The monoisotopic (exact) mass is 489 g/mol. The molecule has 1 aromatic rings. The number of carbonyl (C=O) groups excluding carboxylic acids is 2. The minimum Gasteiger partial charge on any atom is -0.509 e. The molecule has 0 aromatic carbocycles. The predicted octanol–water partition coefficient (Wildman–Crippen LogP) is 0.973. The number of nitrogens with zero attached hydrogens (tertiary/aromatic N) is 4. The number of fused-ring (bicyclic) bond motifs is 1. The molecule has 11 nitrogen and oxygen atoms in total. The Bertz CT molecular complexity index is 944. The summed E-state index contributed by atoms with van der Waals surface area (Å²) < 4.78 is 0. The Morgan fingerprint density at radius 2 is 2.11 bits per heavy atom. The third kappa shape index (κ3) is 3.42. The first kappa shape index (κ1) is 20.4. The molecule has 148 valence electrons. The summed E-state index contributed by atoms with van der Waals surface area (Å²) in [6, 6.07) is -1.05. The first-order valence-corrected chi connectivity index (χ1v) is 10.6. The molecule has 1 fully saturated rings. The van der Waals surface area contributed by atoms with E-state index in [0.29, 0.717) is 15.6 Å². The molecular formula is C14H12BrN5O6S2. The van der Waals surface area contributed by atoms with Gasteiger partial charge in [-0.05, 0) is 12.1 Å². The van der Waals surface area contributed by atoms with E-state index in [1.54, 1.807) is 6.92 Å². The summed E-state index contributed by atoms with van der Waals surface area (Å²) in [5.41, 5.74) is -0.574. The van der Waals surface area contributed by atoms with Crippen LogP contribution in [0.3, 0.4) is 0 Å². The summed E-state index contributed by atoms with van der Waals surface area (Å²) in [4.78, 5) is 48.4. The maximum Gasteiger partial charge on any atom is 0.353 e. The molecule has 1 unspecified atom stereocenters. The molecular weight excluding hydrogens is 478 g/mol. The van der Waals surface area contributed by atoms with Gasteiger partial charge in [0.05, 0.1) is 5.33 Å². The highest BCUT2D eigenvalue weighted by atomic mass is 79.9. The van der Waals surface area contributed by atoms with Crippen LogP contribution < -0.4 is 5.32 Å². The van der Waals surface area contributed by atoms with E-state index in [4.69, 9.17) is 0 Å². The SMILES string of the molecule is Cc1nnc(C2=C(C(=O)O)N3C(=O)C(NC(=O)C(N=O)=C(O)CBr)[C@@H]3SC2)s1. The molecule has 2 aliphatic heterocycles. The number of aromatic nitrogens is 2. The first-order valence-electron chi connectivity index (χ1n) is 7.64. The summed E-state index contributed by atoms with van der Waals surface area (Å²) >= 11 is 5.36. The first-order chi connectivity index (χ1) is 13.3. The van der Waals surface area contributed by atoms with E-state index >= 15 is 0 Å². The molecule has 2 atom stereocenters. The van der Waals surface area contributed by atoms with E-state index < -0.39 is 40.7 Å². The lowest BCUT2D eigenvalue weighted by atomic mass is 10.0. The van der Waals surface area contributed by atoms with E-state index in [1.807, 2.05) is 0 Å². The number of aryl methyl sites for hydroxylation is 1. The smallest absolute Gasteiger partial charge is 0.353 e. The molecule has 0 aliphatic carbocycles. The molecule has 0 radical (unpaired) electrons. The van der Waals surface area contributed by atoms with Crippen molar-refractivity contribution in [3.8, 4) is 0 Å². The second-order valence-corrected chi connectivity index (χ2v) is 8.49. The van der Waals surface area contributed by atoms with Crippen LogP contribution in [0.2, 0.25) is 0 Å². The third-order valence-electron chi connectivity index (χ3n) is 3.95. The zero-order chi connectivity index (χ0) is 20.6. The van der Waals surface area contributed by atoms with Crippen molar-refractivity contribution >= 4 is 62.4 Å². The van der Waals surface area contributed by atoms with Gasteiger partial charge in [-0.25, -0.2) is 4.79 Å². The number of β-lactam (4-membered cyclic amide) rings is 1. The largest absolute Gasteiger partial charge is 0.509 e. The van der Waals surface area contributed by atoms with Gasteiger partial charge in [-0.1, -0.05) is 27.3 Å². The Hall–Kier alpha value is -2.32. The number of aliphatic carboxylic acids is 1. The number of nitrogens with one attached hydrogen (secondary N) is 1. The summed E-state index contributed by atoms with van der Waals surface area (Å²) in [5.74, 6) is -3.29. The quantitative estimate of drug-likeness (QED) is 0.173. The van der Waals surface area contributed by atoms with Gasteiger partial charge in [0, 0.05) is 11.3 Å². The number of hydrogen-bond donors (Lipinski definition) is 3. The van der Waals surface area contributed by atoms with Crippen molar-refractivity contribution in [1.29, 1.82) is 0 Å². The molecule has 3 rings (SSSR count). The minimum atomic E-state index is -1.29. The van der Waals surface area contributed by atoms with Crippen molar-refractivity contribution in [3.63, 3.8) is 0 Å². The molecule has 3 N–H and O–H groups in total. The van der Waals surface area contributed by atoms with E-state index in [-0.39, 0.29) is 16.8 Å². The molecule has 14 heteroatoms. The topological polar surface area (TPSA) is 162 Å². The van der Waals surface area contributed by atoms with E-state index in [9.17, 15) is 29.5 Å². The molecule has 3 heterocycles. The number of aliphatic hydroxyl groups is 1. The number of thioether (sulfide) groups is 1. The Balaban J connectivity index is 1.87. The summed E-state index contributed by atoms with van der Waals surface area (Å²) in [7, 11) is 0. The normalized spacial score (nSPS) is 22.2. The Morgan fingerprint density at radius 3 is 2.64 bits per heavy atom. The van der Waals surface area contributed by atoms with Gasteiger partial charge in [-0.15, -0.1) is 26.9 Å². The highest BCUT2D eigenvalue weighted by Gasteiger charge is 2.54. The predicted molar refractivity (Wildman–Crippen MR) is 103 cm³/mol. The van der Waals surface area contributed by atoms with Crippen LogP contribution in [0.15, 0.2) is 22.3 Å². The van der Waals surface area contributed by atoms with Gasteiger partial charge >= 0.3 is 5.97 Å². The van der Waals surface area contributed by atoms with Crippen LogP contribution in [0, 0.1) is 11.8 Å². The highest BCUT2D eigenvalue weighted by Crippen LogP contribution is 2.43. The molecule has 28 heavy (non-hydrogen) atoms. The summed E-state index contributed by atoms with van der Waals surface area (Å²) in [6.45, 7) is 1.73. The lowest BCUT2D eigenvalue weighted by Crippen LogP contribution is -2.70. The minimum absolute atomic E-state index is 0.166. The molecule has 2 aliphatic rings. The number of carbonyl (C=O) groups is 3. The fourth-order valence-electron chi connectivity index (χ4n) is 2.70. The maximum absolute atomic E-state index is 12.5. The van der Waals surface area contributed by atoms with Crippen LogP contribution in [-0.2, 0) is 14.4 Å². The zero-order valence-electron chi connectivity index (χ0n) is 14.1. The van der Waals surface area contributed by atoms with Gasteiger partial charge in [0.2, 0.25) is 5.70 Å². The Morgan fingerprint density at radius 1 is 1.39 bits per heavy atom. The highest BCUT2D eigenvalue weighted by molar-refractivity contribution is 9.09. The lowest BCUT2D eigenvalue weighted by molar-refractivity contribution is -0.150. The van der Waals surface area contributed by atoms with Gasteiger partial charge in [0.15, 0.2) is 0 Å². The van der Waals surface area contributed by atoms with Crippen molar-refractivity contribution in [3.05, 3.63) is 32.1 Å². The van der Waals surface area contributed by atoms with Crippen molar-refractivity contribution in [2.75, 3.05) is 11.1 Å². The Kier molecular flexibility index (Phi) is 5.81. The van der Waals surface area contributed by atoms with Gasteiger partial charge in [-0.3, -0.25) is 14.5 Å². The molecule has 0 bridgehead atoms. The van der Waals surface area contributed by atoms with Crippen LogP contribution in [0.1, 0.15) is 10.0 Å². The number of halogens is 1. The molecule has 1 saturated heterocycles. The second kappa shape index (κ2) is 7.97. The van der Waals surface area contributed by atoms with Gasteiger partial charge in [-0.2, -0.15) is 0 Å². The second-order valence-electron chi connectivity index (χ2n) is 5.64. The number of alkyl halides is 1. The van der Waals surface area contributed by atoms with Gasteiger partial charge in [0.25, 0.3) is 11.8 Å². The van der Waals surface area contributed by atoms with Crippen LogP contribution in [0.25, 0.3) is 5.57 Å². The lowest BCUT2D eigenvalue weighted by Gasteiger charge is -2.49. The van der Waals surface area contributed by atoms with Crippen LogP contribution in [0.4, 0.5) is 0 Å². The molecule has 0 spiro atoms. The fourth-order valence-corrected chi connectivity index (χ4v) is 5.14. The fraction of sp³-hybridized carbons (Fsp3) is 0.357. The molecule has 2 amide bonds. The number of carboxylic acids is 1. The average molecular weight is 490 g/mol.